The molecule has 2 fully saturated rings. The Balaban J connectivity index is 2.14. The summed E-state index contributed by atoms with van der Waals surface area (Å²) in [4.78, 5) is 39.1. The SMILES string of the molecule is CCCC1SCC(C(=O)O)N1C(=O)C1CC(=O)N(CC)C1. The van der Waals surface area contributed by atoms with Gasteiger partial charge in [0, 0.05) is 25.3 Å². The number of nitrogens with zero attached hydrogens (tertiary/aromatic N) is 2. The topological polar surface area (TPSA) is 77.9 Å². The van der Waals surface area contributed by atoms with Gasteiger partial charge >= 0.3 is 5.97 Å². The molecular formula is C14H22N2O4S. The molecule has 21 heavy (non-hydrogen) atoms. The van der Waals surface area contributed by atoms with Crippen LogP contribution in [0.25, 0.3) is 0 Å². The van der Waals surface area contributed by atoms with Crippen molar-refractivity contribution in [2.75, 3.05) is 18.8 Å². The third kappa shape index (κ3) is 3.17. The smallest absolute Gasteiger partial charge is 0.327 e. The molecule has 2 aliphatic heterocycles. The van der Waals surface area contributed by atoms with E-state index >= 15 is 0 Å². The molecule has 2 aliphatic rings. The number of carboxylic acids is 1. The molecule has 0 aromatic heterocycles. The summed E-state index contributed by atoms with van der Waals surface area (Å²) in [6.07, 6.45) is 1.90. The Kier molecular flexibility index (Phi) is 5.13. The van der Waals surface area contributed by atoms with Crippen LogP contribution in [0.5, 0.6) is 0 Å². The van der Waals surface area contributed by atoms with Gasteiger partial charge in [-0.05, 0) is 13.3 Å². The molecule has 0 radical (unpaired) electrons. The highest BCUT2D eigenvalue weighted by Gasteiger charge is 2.45. The molecule has 2 saturated heterocycles. The number of aliphatic carboxylic acids is 1. The highest BCUT2D eigenvalue weighted by atomic mass is 32.2. The lowest BCUT2D eigenvalue weighted by Gasteiger charge is -2.29. The third-order valence-electron chi connectivity index (χ3n) is 4.11. The molecule has 3 unspecified atom stereocenters. The molecule has 0 bridgehead atoms. The quantitative estimate of drug-likeness (QED) is 0.819. The molecule has 2 rings (SSSR count). The number of amides is 2. The first-order valence-electron chi connectivity index (χ1n) is 7.43. The minimum Gasteiger partial charge on any atom is -0.480 e. The fourth-order valence-electron chi connectivity index (χ4n) is 2.97. The number of thioether (sulfide) groups is 1. The van der Waals surface area contributed by atoms with Crippen LogP contribution in [0.3, 0.4) is 0 Å². The Morgan fingerprint density at radius 2 is 2.10 bits per heavy atom. The third-order valence-corrected chi connectivity index (χ3v) is 5.47. The number of hydrogen-bond donors (Lipinski definition) is 1. The van der Waals surface area contributed by atoms with E-state index in [0.29, 0.717) is 18.8 Å². The highest BCUT2D eigenvalue weighted by Crippen LogP contribution is 2.35. The van der Waals surface area contributed by atoms with Crippen LogP contribution in [0.4, 0.5) is 0 Å². The van der Waals surface area contributed by atoms with Crippen LogP contribution >= 0.6 is 11.8 Å². The molecule has 7 heteroatoms. The number of likely N-dealkylation sites (tertiary alicyclic amines) is 1. The highest BCUT2D eigenvalue weighted by molar-refractivity contribution is 8.00. The van der Waals surface area contributed by atoms with E-state index in [9.17, 15) is 19.5 Å². The molecule has 0 aromatic rings. The summed E-state index contributed by atoms with van der Waals surface area (Å²) >= 11 is 1.53. The molecule has 2 amide bonds. The number of carboxylic acid groups (broad SMARTS) is 1. The Morgan fingerprint density at radius 3 is 2.62 bits per heavy atom. The predicted molar refractivity (Wildman–Crippen MR) is 79.8 cm³/mol. The number of rotatable bonds is 5. The maximum atomic E-state index is 12.7. The van der Waals surface area contributed by atoms with Gasteiger partial charge in [0.15, 0.2) is 0 Å². The van der Waals surface area contributed by atoms with Crippen molar-refractivity contribution in [3.8, 4) is 0 Å². The largest absolute Gasteiger partial charge is 0.480 e. The maximum Gasteiger partial charge on any atom is 0.327 e. The zero-order chi connectivity index (χ0) is 15.6. The van der Waals surface area contributed by atoms with Gasteiger partial charge < -0.3 is 14.9 Å². The zero-order valence-corrected chi connectivity index (χ0v) is 13.3. The van der Waals surface area contributed by atoms with Gasteiger partial charge in [-0.2, -0.15) is 0 Å². The molecule has 6 nitrogen and oxygen atoms in total. The minimum absolute atomic E-state index is 0.0124. The van der Waals surface area contributed by atoms with Crippen LogP contribution < -0.4 is 0 Å². The van der Waals surface area contributed by atoms with Crippen molar-refractivity contribution < 1.29 is 19.5 Å². The van der Waals surface area contributed by atoms with Crippen molar-refractivity contribution in [1.82, 2.24) is 9.80 Å². The van der Waals surface area contributed by atoms with Gasteiger partial charge in [0.25, 0.3) is 0 Å². The Morgan fingerprint density at radius 1 is 1.38 bits per heavy atom. The summed E-state index contributed by atoms with van der Waals surface area (Å²) in [5.41, 5.74) is 0. The first-order chi connectivity index (χ1) is 9.99. The summed E-state index contributed by atoms with van der Waals surface area (Å²) in [5, 5.41) is 9.25. The second-order valence-electron chi connectivity index (χ2n) is 5.51. The maximum absolute atomic E-state index is 12.7. The van der Waals surface area contributed by atoms with Crippen molar-refractivity contribution in [3.63, 3.8) is 0 Å². The van der Waals surface area contributed by atoms with Crippen LogP contribution in [0, 0.1) is 5.92 Å². The summed E-state index contributed by atoms with van der Waals surface area (Å²) in [5.74, 6) is -1.09. The van der Waals surface area contributed by atoms with E-state index in [1.54, 1.807) is 4.90 Å². The summed E-state index contributed by atoms with van der Waals surface area (Å²) in [6.45, 7) is 4.92. The Labute approximate surface area is 128 Å². The van der Waals surface area contributed by atoms with Crippen LogP contribution in [0.1, 0.15) is 33.1 Å². The van der Waals surface area contributed by atoms with Crippen LogP contribution in [-0.4, -0.2) is 62.9 Å². The van der Waals surface area contributed by atoms with E-state index in [2.05, 4.69) is 0 Å². The van der Waals surface area contributed by atoms with Gasteiger partial charge in [0.05, 0.1) is 11.3 Å². The van der Waals surface area contributed by atoms with Crippen LogP contribution in [0.2, 0.25) is 0 Å². The molecule has 3 atom stereocenters. The van der Waals surface area contributed by atoms with Gasteiger partial charge in [0.2, 0.25) is 11.8 Å². The van der Waals surface area contributed by atoms with E-state index in [4.69, 9.17) is 0 Å². The molecule has 0 saturated carbocycles. The fraction of sp³-hybridized carbons (Fsp3) is 0.786. The van der Waals surface area contributed by atoms with Crippen molar-refractivity contribution in [1.29, 1.82) is 0 Å². The molecule has 0 aliphatic carbocycles. The number of carbonyl (C=O) groups excluding carboxylic acids is 2. The van der Waals surface area contributed by atoms with Crippen molar-refractivity contribution >= 4 is 29.5 Å². The molecule has 118 valence electrons. The number of hydrogen-bond acceptors (Lipinski definition) is 4. The molecule has 0 aromatic carbocycles. The lowest BCUT2D eigenvalue weighted by atomic mass is 10.1. The molecule has 1 N–H and O–H groups in total. The summed E-state index contributed by atoms with van der Waals surface area (Å²) in [6, 6.07) is -0.759. The molecular weight excluding hydrogens is 292 g/mol. The monoisotopic (exact) mass is 314 g/mol. The average Bonchev–Trinajstić information content (AvgIpc) is 3.02. The second kappa shape index (κ2) is 6.68. The summed E-state index contributed by atoms with van der Waals surface area (Å²) < 4.78 is 0. The first kappa shape index (κ1) is 16.1. The number of carbonyl (C=O) groups is 3. The van der Waals surface area contributed by atoms with Crippen molar-refractivity contribution in [2.45, 2.75) is 44.5 Å². The van der Waals surface area contributed by atoms with Gasteiger partial charge in [-0.3, -0.25) is 9.59 Å². The van der Waals surface area contributed by atoms with E-state index in [-0.39, 0.29) is 23.6 Å². The normalized spacial score (nSPS) is 29.2. The Hall–Kier alpha value is -1.24. The summed E-state index contributed by atoms with van der Waals surface area (Å²) in [7, 11) is 0. The second-order valence-corrected chi connectivity index (χ2v) is 6.72. The lowest BCUT2D eigenvalue weighted by Crippen LogP contribution is -2.48. The van der Waals surface area contributed by atoms with E-state index < -0.39 is 17.9 Å². The van der Waals surface area contributed by atoms with E-state index in [1.165, 1.54) is 16.7 Å². The van der Waals surface area contributed by atoms with Gasteiger partial charge in [-0.1, -0.05) is 13.3 Å². The van der Waals surface area contributed by atoms with Crippen molar-refractivity contribution in [2.24, 2.45) is 5.92 Å². The van der Waals surface area contributed by atoms with Gasteiger partial charge in [0.1, 0.15) is 6.04 Å². The average molecular weight is 314 g/mol. The zero-order valence-electron chi connectivity index (χ0n) is 12.4. The predicted octanol–water partition coefficient (Wildman–Crippen LogP) is 1.01. The van der Waals surface area contributed by atoms with E-state index in [1.807, 2.05) is 13.8 Å². The molecule has 0 spiro atoms. The van der Waals surface area contributed by atoms with Crippen LogP contribution in [-0.2, 0) is 14.4 Å². The minimum atomic E-state index is -0.953. The first-order valence-corrected chi connectivity index (χ1v) is 8.48. The van der Waals surface area contributed by atoms with E-state index in [0.717, 1.165) is 12.8 Å². The van der Waals surface area contributed by atoms with Gasteiger partial charge in [-0.15, -0.1) is 11.8 Å². The standard InChI is InChI=1S/C14H22N2O4S/c1-3-5-12-16(10(8-21-12)14(19)20)13(18)9-6-11(17)15(4-2)7-9/h9-10,12H,3-8H2,1-2H3,(H,19,20). The fourth-order valence-corrected chi connectivity index (χ4v) is 4.49. The Bertz CT molecular complexity index is 443. The van der Waals surface area contributed by atoms with Crippen molar-refractivity contribution in [3.05, 3.63) is 0 Å². The molecule has 2 heterocycles. The van der Waals surface area contributed by atoms with Crippen LogP contribution in [0.15, 0.2) is 0 Å². The van der Waals surface area contributed by atoms with Gasteiger partial charge in [-0.25, -0.2) is 4.79 Å². The lowest BCUT2D eigenvalue weighted by molar-refractivity contribution is -0.150.